The third-order valence-electron chi connectivity index (χ3n) is 8.25. The van der Waals surface area contributed by atoms with Gasteiger partial charge in [-0.05, 0) is 36.1 Å². The van der Waals surface area contributed by atoms with Crippen molar-refractivity contribution in [2.75, 3.05) is 75.3 Å². The molecule has 8 heteroatoms. The second-order valence-corrected chi connectivity index (χ2v) is 10.7. The maximum absolute atomic E-state index is 13.7. The Morgan fingerprint density at radius 1 is 0.744 bits per heavy atom. The molecule has 6 rings (SSSR count). The van der Waals surface area contributed by atoms with Crippen molar-refractivity contribution in [3.63, 3.8) is 0 Å². The first-order chi connectivity index (χ1) is 19.2. The van der Waals surface area contributed by atoms with Gasteiger partial charge in [-0.15, -0.1) is 10.2 Å². The first kappa shape index (κ1) is 25.8. The van der Waals surface area contributed by atoms with E-state index in [4.69, 9.17) is 4.74 Å². The topological polar surface area (TPSA) is 65.0 Å². The number of hydrogen-bond acceptors (Lipinski definition) is 7. The van der Waals surface area contributed by atoms with Crippen molar-refractivity contribution >= 4 is 17.5 Å². The summed E-state index contributed by atoms with van der Waals surface area (Å²) in [5.74, 6) is 1.69. The maximum Gasteiger partial charge on any atom is 0.234 e. The van der Waals surface area contributed by atoms with Crippen molar-refractivity contribution in [3.05, 3.63) is 83.9 Å². The average molecular weight is 527 g/mol. The first-order valence-corrected chi connectivity index (χ1v) is 14.3. The van der Waals surface area contributed by atoms with E-state index in [0.717, 1.165) is 75.2 Å². The molecule has 3 aromatic rings. The van der Waals surface area contributed by atoms with Crippen molar-refractivity contribution in [2.45, 2.75) is 24.9 Å². The summed E-state index contributed by atoms with van der Waals surface area (Å²) in [6, 6.07) is 24.4. The molecule has 1 atom stereocenters. The Hall–Kier alpha value is -3.49. The van der Waals surface area contributed by atoms with E-state index >= 15 is 0 Å². The molecule has 2 aromatic carbocycles. The number of rotatable bonds is 7. The highest BCUT2D eigenvalue weighted by Crippen LogP contribution is 2.28. The smallest absolute Gasteiger partial charge is 0.234 e. The monoisotopic (exact) mass is 526 g/mol. The molecule has 1 unspecified atom stereocenters. The number of anilines is 2. The molecule has 0 N–H and O–H groups in total. The summed E-state index contributed by atoms with van der Waals surface area (Å²) in [7, 11) is 0. The van der Waals surface area contributed by atoms with E-state index < -0.39 is 0 Å². The van der Waals surface area contributed by atoms with E-state index in [-0.39, 0.29) is 11.8 Å². The lowest BCUT2D eigenvalue weighted by molar-refractivity contribution is -0.132. The van der Waals surface area contributed by atoms with Gasteiger partial charge in [0.25, 0.3) is 0 Å². The van der Waals surface area contributed by atoms with Crippen LogP contribution in [0.3, 0.4) is 0 Å². The minimum absolute atomic E-state index is 0.159. The largest absolute Gasteiger partial charge is 0.377 e. The lowest BCUT2D eigenvalue weighted by Gasteiger charge is -2.37. The van der Waals surface area contributed by atoms with E-state index in [1.165, 1.54) is 12.8 Å². The minimum Gasteiger partial charge on any atom is -0.377 e. The van der Waals surface area contributed by atoms with Crippen molar-refractivity contribution < 1.29 is 9.53 Å². The lowest BCUT2D eigenvalue weighted by Crippen LogP contribution is -2.50. The third kappa shape index (κ3) is 6.07. The Morgan fingerprint density at radius 2 is 1.28 bits per heavy atom. The average Bonchev–Trinajstić information content (AvgIpc) is 3.52. The predicted octanol–water partition coefficient (Wildman–Crippen LogP) is 3.26. The van der Waals surface area contributed by atoms with Gasteiger partial charge in [0, 0.05) is 65.5 Å². The van der Waals surface area contributed by atoms with Crippen LogP contribution in [0.1, 0.15) is 29.9 Å². The lowest BCUT2D eigenvalue weighted by atomic mass is 9.90. The fourth-order valence-electron chi connectivity index (χ4n) is 6.00. The van der Waals surface area contributed by atoms with Crippen LogP contribution in [-0.4, -0.2) is 97.5 Å². The molecule has 3 aliphatic heterocycles. The van der Waals surface area contributed by atoms with Gasteiger partial charge in [0.1, 0.15) is 0 Å². The third-order valence-corrected chi connectivity index (χ3v) is 8.25. The van der Waals surface area contributed by atoms with Gasteiger partial charge in [-0.3, -0.25) is 9.69 Å². The Labute approximate surface area is 231 Å². The quantitative estimate of drug-likeness (QED) is 0.468. The number of benzene rings is 2. The number of piperazine rings is 2. The van der Waals surface area contributed by atoms with Gasteiger partial charge in [0.15, 0.2) is 11.6 Å². The zero-order chi connectivity index (χ0) is 26.4. The Bertz CT molecular complexity index is 1150. The summed E-state index contributed by atoms with van der Waals surface area (Å²) in [6.45, 7) is 8.80. The molecule has 39 heavy (non-hydrogen) atoms. The summed E-state index contributed by atoms with van der Waals surface area (Å²) in [4.78, 5) is 22.8. The van der Waals surface area contributed by atoms with Gasteiger partial charge < -0.3 is 19.4 Å². The number of ether oxygens (including phenoxy) is 1. The van der Waals surface area contributed by atoms with Crippen LogP contribution < -0.4 is 9.80 Å². The fraction of sp³-hybridized carbons (Fsp3) is 0.452. The SMILES string of the molecule is O=C(C(c1ccccc1)c1ccccc1)N1CCN(c2ccc(N3CCN(CC4CCCO4)CC3)nn2)CC1. The van der Waals surface area contributed by atoms with Gasteiger partial charge in [-0.25, -0.2) is 0 Å². The van der Waals surface area contributed by atoms with E-state index in [0.29, 0.717) is 19.2 Å². The minimum atomic E-state index is -0.288. The molecule has 3 saturated heterocycles. The zero-order valence-corrected chi connectivity index (χ0v) is 22.6. The summed E-state index contributed by atoms with van der Waals surface area (Å²) in [6.07, 6.45) is 2.80. The molecule has 1 amide bonds. The standard InChI is InChI=1S/C31H38N6O2/c38-31(30(25-8-3-1-4-9-25)26-10-5-2-6-11-26)37-21-19-36(20-22-37)29-14-13-28(32-33-29)35-17-15-34(16-18-35)24-27-12-7-23-39-27/h1-6,8-11,13-14,27,30H,7,12,15-24H2. The zero-order valence-electron chi connectivity index (χ0n) is 22.6. The predicted molar refractivity (Wildman–Crippen MR) is 153 cm³/mol. The molecule has 3 aliphatic rings. The first-order valence-electron chi connectivity index (χ1n) is 14.3. The van der Waals surface area contributed by atoms with E-state index in [2.05, 4.69) is 37.0 Å². The fourth-order valence-corrected chi connectivity index (χ4v) is 6.00. The Balaban J connectivity index is 1.03. The molecular weight excluding hydrogens is 488 g/mol. The van der Waals surface area contributed by atoms with Crippen LogP contribution >= 0.6 is 0 Å². The van der Waals surface area contributed by atoms with Crippen LogP contribution in [0.15, 0.2) is 72.8 Å². The molecular formula is C31H38N6O2. The number of hydrogen-bond donors (Lipinski definition) is 0. The summed E-state index contributed by atoms with van der Waals surface area (Å²) in [5, 5.41) is 9.16. The number of carbonyl (C=O) groups is 1. The number of nitrogens with zero attached hydrogens (tertiary/aromatic N) is 6. The highest BCUT2D eigenvalue weighted by molar-refractivity contribution is 5.87. The summed E-state index contributed by atoms with van der Waals surface area (Å²) in [5.41, 5.74) is 2.07. The van der Waals surface area contributed by atoms with Gasteiger partial charge in [0.05, 0.1) is 12.0 Å². The van der Waals surface area contributed by atoms with Crippen molar-refractivity contribution in [1.29, 1.82) is 0 Å². The molecule has 0 spiro atoms. The van der Waals surface area contributed by atoms with Crippen LogP contribution in [-0.2, 0) is 9.53 Å². The molecule has 1 aromatic heterocycles. The molecule has 0 bridgehead atoms. The second-order valence-electron chi connectivity index (χ2n) is 10.7. The maximum atomic E-state index is 13.7. The van der Waals surface area contributed by atoms with Gasteiger partial charge in [0.2, 0.25) is 5.91 Å². The van der Waals surface area contributed by atoms with E-state index in [9.17, 15) is 4.79 Å². The van der Waals surface area contributed by atoms with E-state index in [1.54, 1.807) is 0 Å². The van der Waals surface area contributed by atoms with Crippen LogP contribution in [0.25, 0.3) is 0 Å². The number of amides is 1. The molecule has 204 valence electrons. The van der Waals surface area contributed by atoms with Crippen LogP contribution in [0.2, 0.25) is 0 Å². The molecule has 0 saturated carbocycles. The van der Waals surface area contributed by atoms with Gasteiger partial charge >= 0.3 is 0 Å². The van der Waals surface area contributed by atoms with Crippen LogP contribution in [0.5, 0.6) is 0 Å². The Kier molecular flexibility index (Phi) is 8.02. The molecule has 0 radical (unpaired) electrons. The highest BCUT2D eigenvalue weighted by atomic mass is 16.5. The number of aromatic nitrogens is 2. The van der Waals surface area contributed by atoms with Gasteiger partial charge in [-0.2, -0.15) is 0 Å². The van der Waals surface area contributed by atoms with Crippen molar-refractivity contribution in [1.82, 2.24) is 20.0 Å². The van der Waals surface area contributed by atoms with Crippen LogP contribution in [0.4, 0.5) is 11.6 Å². The molecule has 4 heterocycles. The molecule has 3 fully saturated rings. The molecule has 0 aliphatic carbocycles. The normalized spacial score (nSPS) is 20.5. The van der Waals surface area contributed by atoms with Crippen LogP contribution in [0, 0.1) is 0 Å². The van der Waals surface area contributed by atoms with Crippen molar-refractivity contribution in [3.8, 4) is 0 Å². The van der Waals surface area contributed by atoms with E-state index in [1.807, 2.05) is 65.6 Å². The Morgan fingerprint density at radius 3 is 1.77 bits per heavy atom. The molecule has 8 nitrogen and oxygen atoms in total. The van der Waals surface area contributed by atoms with Gasteiger partial charge in [-0.1, -0.05) is 60.7 Å². The number of carbonyl (C=O) groups excluding carboxylic acids is 1. The summed E-state index contributed by atoms with van der Waals surface area (Å²) < 4.78 is 5.81. The highest BCUT2D eigenvalue weighted by Gasteiger charge is 2.30. The second kappa shape index (κ2) is 12.1. The summed E-state index contributed by atoms with van der Waals surface area (Å²) >= 11 is 0. The van der Waals surface area contributed by atoms with Crippen molar-refractivity contribution in [2.24, 2.45) is 0 Å².